The van der Waals surface area contributed by atoms with Crippen molar-refractivity contribution in [1.82, 2.24) is 9.97 Å². The zero-order valence-electron chi connectivity index (χ0n) is 15.4. The Hall–Kier alpha value is -3.46. The van der Waals surface area contributed by atoms with E-state index in [1.807, 2.05) is 35.2 Å². The second kappa shape index (κ2) is 8.96. The Labute approximate surface area is 162 Å². The SMILES string of the molecule is COc1c(C(=O)O)nc(N2CCOCC2)nc1/C(N)=C/C=Nc1ccccc1. The topological polar surface area (TPSA) is 123 Å². The van der Waals surface area contributed by atoms with Gasteiger partial charge in [-0.1, -0.05) is 18.2 Å². The third kappa shape index (κ3) is 4.44. The van der Waals surface area contributed by atoms with Crippen LogP contribution >= 0.6 is 0 Å². The summed E-state index contributed by atoms with van der Waals surface area (Å²) in [5.74, 6) is -0.944. The molecule has 0 bridgehead atoms. The van der Waals surface area contributed by atoms with Crippen LogP contribution < -0.4 is 15.4 Å². The van der Waals surface area contributed by atoms with Gasteiger partial charge in [0.25, 0.3) is 0 Å². The van der Waals surface area contributed by atoms with Gasteiger partial charge in [-0.15, -0.1) is 0 Å². The van der Waals surface area contributed by atoms with Crippen LogP contribution in [0.25, 0.3) is 5.70 Å². The number of methoxy groups -OCH3 is 1. The van der Waals surface area contributed by atoms with Crippen LogP contribution in [0.3, 0.4) is 0 Å². The number of carboxylic acid groups (broad SMARTS) is 1. The van der Waals surface area contributed by atoms with Crippen molar-refractivity contribution >= 4 is 29.5 Å². The van der Waals surface area contributed by atoms with Gasteiger partial charge in [0.1, 0.15) is 5.69 Å². The van der Waals surface area contributed by atoms with Gasteiger partial charge in [0.2, 0.25) is 5.95 Å². The van der Waals surface area contributed by atoms with Crippen LogP contribution in [0.15, 0.2) is 41.4 Å². The van der Waals surface area contributed by atoms with Crippen molar-refractivity contribution in [2.45, 2.75) is 0 Å². The van der Waals surface area contributed by atoms with Gasteiger partial charge in [0, 0.05) is 19.3 Å². The van der Waals surface area contributed by atoms with Gasteiger partial charge in [-0.3, -0.25) is 4.99 Å². The minimum absolute atomic E-state index is 0.00590. The summed E-state index contributed by atoms with van der Waals surface area (Å²) in [5, 5.41) is 9.55. The maximum Gasteiger partial charge on any atom is 0.358 e. The minimum atomic E-state index is -1.22. The molecule has 0 saturated carbocycles. The quantitative estimate of drug-likeness (QED) is 0.723. The largest absolute Gasteiger partial charge is 0.492 e. The average molecular weight is 383 g/mol. The first kappa shape index (κ1) is 19.3. The standard InChI is InChI=1S/C19H21N5O4/c1-27-17-15(14(20)7-8-21-13-5-3-2-4-6-13)22-19(23-16(17)18(25)26)24-9-11-28-12-10-24/h2-8H,9-12,20H2,1H3,(H,25,26)/b14-7-,21-8?. The van der Waals surface area contributed by atoms with E-state index < -0.39 is 5.97 Å². The second-order valence-corrected chi connectivity index (χ2v) is 5.89. The molecule has 1 aliphatic rings. The Kier molecular flexibility index (Phi) is 6.18. The molecule has 1 aliphatic heterocycles. The molecule has 2 aromatic rings. The van der Waals surface area contributed by atoms with Crippen LogP contribution in [-0.2, 0) is 4.74 Å². The van der Waals surface area contributed by atoms with E-state index >= 15 is 0 Å². The fourth-order valence-corrected chi connectivity index (χ4v) is 2.67. The summed E-state index contributed by atoms with van der Waals surface area (Å²) in [4.78, 5) is 26.4. The minimum Gasteiger partial charge on any atom is -0.492 e. The van der Waals surface area contributed by atoms with E-state index in [4.69, 9.17) is 15.2 Å². The monoisotopic (exact) mass is 383 g/mol. The Morgan fingerprint density at radius 1 is 1.25 bits per heavy atom. The molecule has 3 N–H and O–H groups in total. The molecule has 0 unspecified atom stereocenters. The number of anilines is 1. The Balaban J connectivity index is 1.99. The molecule has 9 heteroatoms. The van der Waals surface area contributed by atoms with Crippen molar-refractivity contribution in [2.75, 3.05) is 38.3 Å². The van der Waals surface area contributed by atoms with Gasteiger partial charge in [-0.25, -0.2) is 14.8 Å². The molecular formula is C19H21N5O4. The molecule has 3 rings (SSSR count). The Morgan fingerprint density at radius 3 is 2.57 bits per heavy atom. The lowest BCUT2D eigenvalue weighted by atomic mass is 10.2. The summed E-state index contributed by atoms with van der Waals surface area (Å²) in [5.41, 5.74) is 7.11. The number of allylic oxidation sites excluding steroid dienone is 1. The molecule has 0 amide bonds. The second-order valence-electron chi connectivity index (χ2n) is 5.89. The molecule has 1 saturated heterocycles. The highest BCUT2D eigenvalue weighted by molar-refractivity contribution is 5.92. The number of benzene rings is 1. The van der Waals surface area contributed by atoms with E-state index in [1.54, 1.807) is 6.08 Å². The number of nitrogens with zero attached hydrogens (tertiary/aromatic N) is 4. The molecule has 146 valence electrons. The summed E-state index contributed by atoms with van der Waals surface area (Å²) >= 11 is 0. The Morgan fingerprint density at radius 2 is 1.93 bits per heavy atom. The number of morpholine rings is 1. The van der Waals surface area contributed by atoms with Crippen molar-refractivity contribution < 1.29 is 19.4 Å². The summed E-state index contributed by atoms with van der Waals surface area (Å²) in [6.07, 6.45) is 3.08. The summed E-state index contributed by atoms with van der Waals surface area (Å²) in [7, 11) is 1.36. The molecule has 0 atom stereocenters. The highest BCUT2D eigenvalue weighted by Crippen LogP contribution is 2.28. The molecule has 2 heterocycles. The molecule has 1 fully saturated rings. The van der Waals surface area contributed by atoms with Crippen molar-refractivity contribution in [3.8, 4) is 5.75 Å². The highest BCUT2D eigenvalue weighted by atomic mass is 16.5. The van der Waals surface area contributed by atoms with E-state index in [-0.39, 0.29) is 28.8 Å². The van der Waals surface area contributed by atoms with Gasteiger partial charge in [0.15, 0.2) is 11.4 Å². The molecule has 0 aliphatic carbocycles. The van der Waals surface area contributed by atoms with Crippen LogP contribution in [0.5, 0.6) is 5.75 Å². The van der Waals surface area contributed by atoms with E-state index in [9.17, 15) is 9.90 Å². The number of carbonyl (C=O) groups is 1. The number of aromatic nitrogens is 2. The first-order valence-electron chi connectivity index (χ1n) is 8.67. The normalized spacial score (nSPS) is 15.0. The number of carboxylic acids is 1. The fourth-order valence-electron chi connectivity index (χ4n) is 2.67. The predicted octanol–water partition coefficient (Wildman–Crippen LogP) is 1.72. The van der Waals surface area contributed by atoms with E-state index in [0.29, 0.717) is 26.3 Å². The highest BCUT2D eigenvalue weighted by Gasteiger charge is 2.24. The predicted molar refractivity (Wildman–Crippen MR) is 105 cm³/mol. The molecule has 1 aromatic carbocycles. The molecule has 0 radical (unpaired) electrons. The van der Waals surface area contributed by atoms with E-state index in [1.165, 1.54) is 13.3 Å². The number of para-hydroxylation sites is 1. The van der Waals surface area contributed by atoms with Crippen LogP contribution in [0.4, 0.5) is 11.6 Å². The molecule has 0 spiro atoms. The molecule has 1 aromatic heterocycles. The molecule has 28 heavy (non-hydrogen) atoms. The zero-order valence-corrected chi connectivity index (χ0v) is 15.4. The van der Waals surface area contributed by atoms with Gasteiger partial charge < -0.3 is 25.2 Å². The van der Waals surface area contributed by atoms with Crippen LogP contribution in [-0.4, -0.2) is 60.7 Å². The Bertz CT molecular complexity index is 893. The number of rotatable bonds is 6. The van der Waals surface area contributed by atoms with Crippen molar-refractivity contribution in [3.63, 3.8) is 0 Å². The van der Waals surface area contributed by atoms with Gasteiger partial charge in [-0.05, 0) is 18.2 Å². The van der Waals surface area contributed by atoms with Crippen molar-refractivity contribution in [2.24, 2.45) is 10.7 Å². The number of hydrogen-bond donors (Lipinski definition) is 2. The van der Waals surface area contributed by atoms with Crippen LogP contribution in [0, 0.1) is 0 Å². The van der Waals surface area contributed by atoms with Gasteiger partial charge in [-0.2, -0.15) is 0 Å². The maximum atomic E-state index is 11.7. The number of aliphatic imine (C=N–C) groups is 1. The fraction of sp³-hybridized carbons (Fsp3) is 0.263. The first-order valence-corrected chi connectivity index (χ1v) is 8.67. The van der Waals surface area contributed by atoms with Crippen molar-refractivity contribution in [1.29, 1.82) is 0 Å². The third-order valence-electron chi connectivity index (χ3n) is 4.06. The summed E-state index contributed by atoms with van der Waals surface area (Å²) in [6.45, 7) is 2.15. The average Bonchev–Trinajstić information content (AvgIpc) is 2.74. The smallest absolute Gasteiger partial charge is 0.358 e. The lowest BCUT2D eigenvalue weighted by molar-refractivity contribution is 0.0686. The van der Waals surface area contributed by atoms with E-state index in [0.717, 1.165) is 5.69 Å². The third-order valence-corrected chi connectivity index (χ3v) is 4.06. The maximum absolute atomic E-state index is 11.7. The lowest BCUT2D eigenvalue weighted by Gasteiger charge is -2.27. The summed E-state index contributed by atoms with van der Waals surface area (Å²) < 4.78 is 10.6. The lowest BCUT2D eigenvalue weighted by Crippen LogP contribution is -2.38. The number of aromatic carboxylic acids is 1. The van der Waals surface area contributed by atoms with Crippen LogP contribution in [0.1, 0.15) is 16.2 Å². The molecule has 9 nitrogen and oxygen atoms in total. The first-order chi connectivity index (χ1) is 13.6. The van der Waals surface area contributed by atoms with E-state index in [2.05, 4.69) is 15.0 Å². The molecular weight excluding hydrogens is 362 g/mol. The van der Waals surface area contributed by atoms with Gasteiger partial charge in [0.05, 0.1) is 31.7 Å². The zero-order chi connectivity index (χ0) is 19.9. The number of ether oxygens (including phenoxy) is 2. The van der Waals surface area contributed by atoms with Gasteiger partial charge >= 0.3 is 5.97 Å². The number of nitrogens with two attached hydrogens (primary N) is 1. The van der Waals surface area contributed by atoms with Crippen LogP contribution in [0.2, 0.25) is 0 Å². The van der Waals surface area contributed by atoms with Crippen molar-refractivity contribution in [3.05, 3.63) is 47.8 Å². The summed E-state index contributed by atoms with van der Waals surface area (Å²) in [6, 6.07) is 9.35. The number of hydrogen-bond acceptors (Lipinski definition) is 8.